The Morgan fingerprint density at radius 3 is 2.96 bits per heavy atom. The van der Waals surface area contributed by atoms with Crippen molar-refractivity contribution in [2.45, 2.75) is 30.7 Å². The Bertz CT molecular complexity index is 856. The van der Waals surface area contributed by atoms with E-state index >= 15 is 0 Å². The highest BCUT2D eigenvalue weighted by atomic mass is 35.5. The van der Waals surface area contributed by atoms with Gasteiger partial charge in [-0.1, -0.05) is 12.1 Å². The number of nitrogens with zero attached hydrogens (tertiary/aromatic N) is 2. The molecule has 7 heteroatoms. The van der Waals surface area contributed by atoms with Crippen LogP contribution < -0.4 is 5.32 Å². The number of fused-ring (bicyclic) bond motifs is 2. The van der Waals surface area contributed by atoms with Crippen molar-refractivity contribution in [3.8, 4) is 0 Å². The van der Waals surface area contributed by atoms with Gasteiger partial charge in [0.25, 0.3) is 0 Å². The van der Waals surface area contributed by atoms with Crippen molar-refractivity contribution in [3.63, 3.8) is 0 Å². The third-order valence-corrected chi connectivity index (χ3v) is 6.94. The summed E-state index contributed by atoms with van der Waals surface area (Å²) in [6.07, 6.45) is 3.68. The molecular formula is C17H22ClN3O2S. The smallest absolute Gasteiger partial charge is 0.245 e. The van der Waals surface area contributed by atoms with Gasteiger partial charge in [-0.05, 0) is 49.9 Å². The summed E-state index contributed by atoms with van der Waals surface area (Å²) in [5, 5.41) is 4.35. The molecule has 0 spiro atoms. The molecule has 0 radical (unpaired) electrons. The second kappa shape index (κ2) is 6.59. The summed E-state index contributed by atoms with van der Waals surface area (Å²) in [6.45, 7) is 4.16. The van der Waals surface area contributed by atoms with Crippen LogP contribution in [-0.4, -0.2) is 43.4 Å². The number of nitrogens with one attached hydrogen (secondary N) is 1. The number of benzene rings is 1. The van der Waals surface area contributed by atoms with Crippen LogP contribution >= 0.6 is 12.4 Å². The lowest BCUT2D eigenvalue weighted by Crippen LogP contribution is -2.46. The van der Waals surface area contributed by atoms with Crippen molar-refractivity contribution in [2.24, 2.45) is 5.92 Å². The Morgan fingerprint density at radius 2 is 2.12 bits per heavy atom. The monoisotopic (exact) mass is 367 g/mol. The quantitative estimate of drug-likeness (QED) is 0.885. The number of aromatic nitrogens is 1. The molecule has 3 heterocycles. The molecule has 0 aliphatic carbocycles. The molecule has 2 aliphatic rings. The number of sulfonamides is 1. The first-order chi connectivity index (χ1) is 11.1. The van der Waals surface area contributed by atoms with E-state index in [1.54, 1.807) is 22.6 Å². The molecule has 0 saturated carbocycles. The maximum absolute atomic E-state index is 13.1. The van der Waals surface area contributed by atoms with E-state index in [1.807, 2.05) is 19.1 Å². The summed E-state index contributed by atoms with van der Waals surface area (Å²) in [4.78, 5) is 4.72. The number of halogens is 1. The van der Waals surface area contributed by atoms with Gasteiger partial charge in [0.2, 0.25) is 10.0 Å². The fourth-order valence-electron chi connectivity index (χ4n) is 3.82. The zero-order valence-electron chi connectivity index (χ0n) is 13.6. The minimum atomic E-state index is -3.50. The van der Waals surface area contributed by atoms with E-state index in [-0.39, 0.29) is 12.4 Å². The number of piperidine rings is 1. The summed E-state index contributed by atoms with van der Waals surface area (Å²) in [5.74, 6) is 0.434. The van der Waals surface area contributed by atoms with Gasteiger partial charge in [0.1, 0.15) is 4.90 Å². The van der Waals surface area contributed by atoms with Crippen molar-refractivity contribution in [1.29, 1.82) is 0 Å². The van der Waals surface area contributed by atoms with Crippen LogP contribution in [0.15, 0.2) is 35.4 Å². The lowest BCUT2D eigenvalue weighted by Gasteiger charge is -2.34. The fraction of sp³-hybridized carbons (Fsp3) is 0.471. The Hall–Kier alpha value is -1.21. The van der Waals surface area contributed by atoms with Gasteiger partial charge < -0.3 is 5.32 Å². The van der Waals surface area contributed by atoms with Crippen LogP contribution in [0.5, 0.6) is 0 Å². The predicted octanol–water partition coefficient (Wildman–Crippen LogP) is 2.34. The fourth-order valence-corrected chi connectivity index (χ4v) is 5.50. The third kappa shape index (κ3) is 2.92. The maximum atomic E-state index is 13.1. The van der Waals surface area contributed by atoms with Gasteiger partial charge in [0.15, 0.2) is 0 Å². The van der Waals surface area contributed by atoms with Crippen LogP contribution in [0.2, 0.25) is 0 Å². The van der Waals surface area contributed by atoms with Gasteiger partial charge in [-0.2, -0.15) is 4.31 Å². The standard InChI is InChI=1S/C17H21N3O2S.ClH/c1-12-9-13-3-2-4-16(17(13)19-10-12)23(21,22)20-8-6-15-14(11-20)5-7-18-15;/h2-4,9-10,14-15,18H,5-8,11H2,1H3;1H. The largest absolute Gasteiger partial charge is 0.314 e. The van der Waals surface area contributed by atoms with Crippen LogP contribution in [0.3, 0.4) is 0 Å². The highest BCUT2D eigenvalue weighted by Gasteiger charge is 2.38. The summed E-state index contributed by atoms with van der Waals surface area (Å²) in [6, 6.07) is 7.87. The first kappa shape index (κ1) is 17.6. The van der Waals surface area contributed by atoms with E-state index < -0.39 is 10.0 Å². The normalized spacial score (nSPS) is 24.5. The molecule has 1 aromatic heterocycles. The Labute approximate surface area is 148 Å². The summed E-state index contributed by atoms with van der Waals surface area (Å²) >= 11 is 0. The predicted molar refractivity (Wildman–Crippen MR) is 97.0 cm³/mol. The van der Waals surface area contributed by atoms with E-state index in [4.69, 9.17) is 0 Å². The van der Waals surface area contributed by atoms with Crippen molar-refractivity contribution in [2.75, 3.05) is 19.6 Å². The van der Waals surface area contributed by atoms with Gasteiger partial charge in [-0.3, -0.25) is 4.98 Å². The topological polar surface area (TPSA) is 62.3 Å². The van der Waals surface area contributed by atoms with E-state index in [2.05, 4.69) is 10.3 Å². The van der Waals surface area contributed by atoms with Gasteiger partial charge in [-0.15, -0.1) is 12.4 Å². The van der Waals surface area contributed by atoms with Crippen molar-refractivity contribution >= 4 is 33.3 Å². The molecule has 2 aromatic rings. The van der Waals surface area contributed by atoms with Crippen LogP contribution in [0.4, 0.5) is 0 Å². The van der Waals surface area contributed by atoms with Gasteiger partial charge in [0, 0.05) is 30.7 Å². The number of aryl methyl sites for hydroxylation is 1. The maximum Gasteiger partial charge on any atom is 0.245 e. The van der Waals surface area contributed by atoms with E-state index in [0.717, 1.165) is 30.3 Å². The minimum Gasteiger partial charge on any atom is -0.314 e. The van der Waals surface area contributed by atoms with Crippen LogP contribution in [0.1, 0.15) is 18.4 Å². The molecule has 130 valence electrons. The average Bonchev–Trinajstić information content (AvgIpc) is 3.01. The highest BCUT2D eigenvalue weighted by Crippen LogP contribution is 2.30. The second-order valence-corrected chi connectivity index (χ2v) is 8.51. The molecule has 0 amide bonds. The van der Waals surface area contributed by atoms with E-state index in [9.17, 15) is 8.42 Å². The summed E-state index contributed by atoms with van der Waals surface area (Å²) in [7, 11) is -3.50. The van der Waals surface area contributed by atoms with Crippen LogP contribution in [-0.2, 0) is 10.0 Å². The van der Waals surface area contributed by atoms with E-state index in [0.29, 0.717) is 35.5 Å². The molecule has 0 bridgehead atoms. The van der Waals surface area contributed by atoms with Crippen molar-refractivity contribution in [1.82, 2.24) is 14.6 Å². The number of hydrogen-bond acceptors (Lipinski definition) is 4. The second-order valence-electron chi connectivity index (χ2n) is 6.60. The Balaban J connectivity index is 0.00000169. The van der Waals surface area contributed by atoms with Gasteiger partial charge >= 0.3 is 0 Å². The summed E-state index contributed by atoms with van der Waals surface area (Å²) < 4.78 is 27.9. The van der Waals surface area contributed by atoms with Gasteiger partial charge in [0.05, 0.1) is 5.52 Å². The lowest BCUT2D eigenvalue weighted by atomic mass is 9.95. The molecule has 5 nitrogen and oxygen atoms in total. The number of pyridine rings is 1. The van der Waals surface area contributed by atoms with Crippen molar-refractivity contribution < 1.29 is 8.42 Å². The molecule has 2 aliphatic heterocycles. The van der Waals surface area contributed by atoms with Gasteiger partial charge in [-0.25, -0.2) is 8.42 Å². The first-order valence-corrected chi connectivity index (χ1v) is 9.58. The molecule has 1 N–H and O–H groups in total. The molecular weight excluding hydrogens is 346 g/mol. The third-order valence-electron chi connectivity index (χ3n) is 5.05. The highest BCUT2D eigenvalue weighted by molar-refractivity contribution is 7.89. The average molecular weight is 368 g/mol. The lowest BCUT2D eigenvalue weighted by molar-refractivity contribution is 0.247. The number of para-hydroxylation sites is 1. The van der Waals surface area contributed by atoms with Crippen molar-refractivity contribution in [3.05, 3.63) is 36.0 Å². The summed E-state index contributed by atoms with van der Waals surface area (Å²) in [5.41, 5.74) is 1.61. The molecule has 4 rings (SSSR count). The number of rotatable bonds is 2. The first-order valence-electron chi connectivity index (χ1n) is 8.14. The van der Waals surface area contributed by atoms with Crippen LogP contribution in [0.25, 0.3) is 10.9 Å². The molecule has 2 fully saturated rings. The SMILES string of the molecule is Cc1cnc2c(S(=O)(=O)N3CCC4NCCC4C3)cccc2c1.Cl. The minimum absolute atomic E-state index is 0. The molecule has 24 heavy (non-hydrogen) atoms. The zero-order chi connectivity index (χ0) is 16.0. The van der Waals surface area contributed by atoms with Crippen LogP contribution in [0, 0.1) is 12.8 Å². The molecule has 2 saturated heterocycles. The molecule has 2 unspecified atom stereocenters. The molecule has 2 atom stereocenters. The Morgan fingerprint density at radius 1 is 1.29 bits per heavy atom. The van der Waals surface area contributed by atoms with E-state index in [1.165, 1.54) is 0 Å². The zero-order valence-corrected chi connectivity index (χ0v) is 15.2. The molecule has 1 aromatic carbocycles. The number of hydrogen-bond donors (Lipinski definition) is 1. The Kier molecular flexibility index (Phi) is 4.84.